The molecule has 10 aromatic carbocycles. The third-order valence-electron chi connectivity index (χ3n) is 14.0. The average molecular weight is 1150 g/mol. The fourth-order valence-electron chi connectivity index (χ4n) is 10.1. The fraction of sp³-hybridized carbons (Fsp3) is 0. The van der Waals surface area contributed by atoms with Crippen LogP contribution in [0.4, 0.5) is 0 Å². The van der Waals surface area contributed by atoms with Crippen molar-refractivity contribution in [3.05, 3.63) is 292 Å². The standard InChI is InChI=1S/C71H45N4.Ir/c1-3-16-49(17-4-1)50-30-32-51(33-31-50)54-21-15-22-55(42-54)70-41-37-57(47-73-70)65-25-10-13-28-68(65)61-44-59(43-60(45-61)67-27-12-9-24-64(67)56-36-40-69(72-46-56)53-18-5-2-6-19-53)66-26-11-8-23-63(66)52-34-38-62(39-35-52)75-48-58-20-7-14-29-71(58)74-75;/h1-18,20-21,23-38,40-48H;/q-3;+3. The van der Waals surface area contributed by atoms with Crippen LogP contribution < -0.4 is 0 Å². The van der Waals surface area contributed by atoms with Gasteiger partial charge in [0.1, 0.15) is 0 Å². The number of aromatic nitrogens is 4. The Kier molecular flexibility index (Phi) is 13.3. The largest absolute Gasteiger partial charge is 3.00 e. The number of fused-ring (bicyclic) bond motifs is 1. The minimum Gasteiger partial charge on any atom is -0.304 e. The van der Waals surface area contributed by atoms with E-state index in [1.165, 1.54) is 11.1 Å². The minimum absolute atomic E-state index is 0. The van der Waals surface area contributed by atoms with Crippen LogP contribution >= 0.6 is 0 Å². The second-order valence-electron chi connectivity index (χ2n) is 18.6. The van der Waals surface area contributed by atoms with Crippen molar-refractivity contribution in [2.75, 3.05) is 0 Å². The molecule has 0 aliphatic heterocycles. The Morgan fingerprint density at radius 1 is 0.316 bits per heavy atom. The zero-order valence-corrected chi connectivity index (χ0v) is 43.5. The van der Waals surface area contributed by atoms with Gasteiger partial charge in [0.25, 0.3) is 0 Å². The summed E-state index contributed by atoms with van der Waals surface area (Å²) in [7, 11) is 0. The maximum Gasteiger partial charge on any atom is 3.00 e. The van der Waals surface area contributed by atoms with Gasteiger partial charge >= 0.3 is 20.1 Å². The van der Waals surface area contributed by atoms with Crippen LogP contribution in [-0.2, 0) is 20.1 Å². The summed E-state index contributed by atoms with van der Waals surface area (Å²) in [6, 6.07) is 99.8. The topological polar surface area (TPSA) is 43.6 Å². The van der Waals surface area contributed by atoms with Gasteiger partial charge in [-0.15, -0.1) is 82.9 Å². The Labute approximate surface area is 456 Å². The Morgan fingerprint density at radius 3 is 1.33 bits per heavy atom. The van der Waals surface area contributed by atoms with E-state index < -0.39 is 0 Å². The van der Waals surface area contributed by atoms with Gasteiger partial charge in [0.2, 0.25) is 0 Å². The Bertz CT molecular complexity index is 4100. The zero-order chi connectivity index (χ0) is 49.9. The molecule has 0 fully saturated rings. The van der Waals surface area contributed by atoms with Gasteiger partial charge in [-0.05, 0) is 114 Å². The van der Waals surface area contributed by atoms with E-state index in [-0.39, 0.29) is 20.1 Å². The van der Waals surface area contributed by atoms with Gasteiger partial charge in [-0.25, -0.2) is 0 Å². The summed E-state index contributed by atoms with van der Waals surface area (Å²) < 4.78 is 1.90. The molecule has 0 aliphatic rings. The van der Waals surface area contributed by atoms with Crippen LogP contribution in [0, 0.1) is 18.2 Å². The van der Waals surface area contributed by atoms with E-state index in [0.29, 0.717) is 0 Å². The van der Waals surface area contributed by atoms with Crippen LogP contribution in [-0.4, -0.2) is 19.7 Å². The number of benzene rings is 10. The van der Waals surface area contributed by atoms with Gasteiger partial charge < -0.3 is 9.97 Å². The van der Waals surface area contributed by atoms with Crippen LogP contribution in [0.5, 0.6) is 0 Å². The van der Waals surface area contributed by atoms with E-state index in [1.54, 1.807) is 0 Å². The molecule has 13 rings (SSSR count). The predicted octanol–water partition coefficient (Wildman–Crippen LogP) is 17.9. The molecule has 5 heteroatoms. The molecule has 4 nitrogen and oxygen atoms in total. The fourth-order valence-corrected chi connectivity index (χ4v) is 10.1. The summed E-state index contributed by atoms with van der Waals surface area (Å²) in [6.45, 7) is 0. The number of hydrogen-bond donors (Lipinski definition) is 0. The van der Waals surface area contributed by atoms with Crippen LogP contribution in [0.15, 0.2) is 273 Å². The molecule has 3 aromatic heterocycles. The summed E-state index contributed by atoms with van der Waals surface area (Å²) in [4.78, 5) is 10.0. The van der Waals surface area contributed by atoms with Gasteiger partial charge in [-0.2, -0.15) is 23.3 Å². The molecule has 0 N–H and O–H groups in total. The summed E-state index contributed by atoms with van der Waals surface area (Å²) in [6.07, 6.45) is 6.03. The van der Waals surface area contributed by atoms with E-state index in [0.717, 1.165) is 117 Å². The maximum absolute atomic E-state index is 5.08. The summed E-state index contributed by atoms with van der Waals surface area (Å²) in [5, 5.41) is 5.91. The van der Waals surface area contributed by atoms with Crippen LogP contribution in [0.25, 0.3) is 128 Å². The van der Waals surface area contributed by atoms with E-state index in [9.17, 15) is 0 Å². The predicted molar refractivity (Wildman–Crippen MR) is 308 cm³/mol. The van der Waals surface area contributed by atoms with E-state index in [1.807, 2.05) is 71.7 Å². The van der Waals surface area contributed by atoms with Gasteiger partial charge in [0.05, 0.1) is 5.52 Å². The molecule has 0 spiro atoms. The molecule has 0 amide bonds. The Morgan fingerprint density at radius 2 is 0.789 bits per heavy atom. The van der Waals surface area contributed by atoms with Crippen molar-refractivity contribution in [3.8, 4) is 117 Å². The average Bonchev–Trinajstić information content (AvgIpc) is 3.97. The molecular formula is C71H45IrN4. The van der Waals surface area contributed by atoms with Crippen molar-refractivity contribution in [3.63, 3.8) is 0 Å². The van der Waals surface area contributed by atoms with Crippen molar-refractivity contribution in [2.45, 2.75) is 0 Å². The molecule has 0 atom stereocenters. The van der Waals surface area contributed by atoms with Crippen molar-refractivity contribution < 1.29 is 20.1 Å². The monoisotopic (exact) mass is 1150 g/mol. The second kappa shape index (κ2) is 21.2. The van der Waals surface area contributed by atoms with Crippen LogP contribution in [0.1, 0.15) is 0 Å². The molecule has 0 unspecified atom stereocenters. The molecule has 76 heavy (non-hydrogen) atoms. The minimum atomic E-state index is 0. The van der Waals surface area contributed by atoms with Crippen LogP contribution in [0.2, 0.25) is 0 Å². The third kappa shape index (κ3) is 9.65. The SMILES string of the molecule is [Ir+3].[c-]1ccccc1-c1ccc(-c2ccccc2-c2cc(-c3ccccc3-c3c[c-]c(-n4cc5ccccc5n4)cc3)cc(-c3ccccc3-c3ccc(-c4[c-]ccc(-c5ccc(-c6ccccc6)cc5)c4)nc3)c2)cn1. The molecule has 3 heterocycles. The van der Waals surface area contributed by atoms with Crippen molar-refractivity contribution in [1.29, 1.82) is 0 Å². The van der Waals surface area contributed by atoms with Crippen molar-refractivity contribution >= 4 is 10.9 Å². The molecule has 0 saturated carbocycles. The molecule has 0 saturated heterocycles. The Balaban J connectivity index is 0.00000582. The van der Waals surface area contributed by atoms with Crippen molar-refractivity contribution in [1.82, 2.24) is 19.7 Å². The van der Waals surface area contributed by atoms with E-state index >= 15 is 0 Å². The van der Waals surface area contributed by atoms with Gasteiger partial charge in [0.15, 0.2) is 0 Å². The van der Waals surface area contributed by atoms with E-state index in [4.69, 9.17) is 15.1 Å². The molecular weight excluding hydrogens is 1100 g/mol. The summed E-state index contributed by atoms with van der Waals surface area (Å²) in [5.74, 6) is 0. The third-order valence-corrected chi connectivity index (χ3v) is 14.0. The number of hydrogen-bond acceptors (Lipinski definition) is 3. The second-order valence-corrected chi connectivity index (χ2v) is 18.6. The van der Waals surface area contributed by atoms with Crippen LogP contribution in [0.3, 0.4) is 0 Å². The first-order valence-electron chi connectivity index (χ1n) is 25.1. The number of pyridine rings is 2. The normalized spacial score (nSPS) is 11.1. The molecule has 358 valence electrons. The van der Waals surface area contributed by atoms with E-state index in [2.05, 4.69) is 225 Å². The molecule has 0 radical (unpaired) electrons. The molecule has 0 aliphatic carbocycles. The molecule has 13 aromatic rings. The zero-order valence-electron chi connectivity index (χ0n) is 41.1. The van der Waals surface area contributed by atoms with Gasteiger partial charge in [-0.1, -0.05) is 175 Å². The first-order valence-corrected chi connectivity index (χ1v) is 25.1. The smallest absolute Gasteiger partial charge is 0.304 e. The summed E-state index contributed by atoms with van der Waals surface area (Å²) in [5.41, 5.74) is 23.2. The first-order chi connectivity index (χ1) is 37.1. The van der Waals surface area contributed by atoms with Gasteiger partial charge in [0, 0.05) is 24.0 Å². The maximum atomic E-state index is 5.08. The summed E-state index contributed by atoms with van der Waals surface area (Å²) >= 11 is 0. The quantitative estimate of drug-likeness (QED) is 0.121. The Hall–Kier alpha value is -9.38. The van der Waals surface area contributed by atoms with Gasteiger partial charge in [-0.3, -0.25) is 4.68 Å². The number of rotatable bonds is 11. The van der Waals surface area contributed by atoms with Crippen molar-refractivity contribution in [2.24, 2.45) is 0 Å². The number of nitrogens with zero attached hydrogens (tertiary/aromatic N) is 4. The first kappa shape index (κ1) is 47.6. The molecule has 0 bridgehead atoms.